The minimum absolute atomic E-state index is 0.0103. The average molecular weight is 294 g/mol. The molecule has 0 heterocycles. The molecule has 21 heavy (non-hydrogen) atoms. The molecule has 4 heteroatoms. The molecule has 0 saturated carbocycles. The van der Waals surface area contributed by atoms with Crippen molar-refractivity contribution < 1.29 is 19.4 Å². The van der Waals surface area contributed by atoms with Crippen molar-refractivity contribution in [1.29, 1.82) is 0 Å². The monoisotopic (exact) mass is 294 g/mol. The van der Waals surface area contributed by atoms with Crippen molar-refractivity contribution >= 4 is 11.8 Å². The Morgan fingerprint density at radius 3 is 2.48 bits per heavy atom. The molecular formula is C17H26O4. The van der Waals surface area contributed by atoms with E-state index in [4.69, 9.17) is 4.74 Å². The van der Waals surface area contributed by atoms with E-state index < -0.39 is 5.60 Å². The van der Waals surface area contributed by atoms with Crippen molar-refractivity contribution in [3.63, 3.8) is 0 Å². The number of rotatable bonds is 2. The number of aliphatic hydroxyl groups is 1. The fourth-order valence-corrected chi connectivity index (χ4v) is 2.53. The van der Waals surface area contributed by atoms with Crippen LogP contribution in [0.2, 0.25) is 0 Å². The van der Waals surface area contributed by atoms with Crippen molar-refractivity contribution in [1.82, 2.24) is 0 Å². The van der Waals surface area contributed by atoms with Crippen LogP contribution in [0.5, 0.6) is 0 Å². The second-order valence-electron chi connectivity index (χ2n) is 6.42. The third-order valence-electron chi connectivity index (χ3n) is 4.09. The van der Waals surface area contributed by atoms with E-state index in [0.29, 0.717) is 43.4 Å². The van der Waals surface area contributed by atoms with E-state index in [1.807, 2.05) is 6.92 Å². The molecular weight excluding hydrogens is 268 g/mol. The van der Waals surface area contributed by atoms with Gasteiger partial charge >= 0.3 is 5.97 Å². The Morgan fingerprint density at radius 1 is 1.33 bits per heavy atom. The van der Waals surface area contributed by atoms with Crippen molar-refractivity contribution in [2.45, 2.75) is 65.4 Å². The summed E-state index contributed by atoms with van der Waals surface area (Å²) < 4.78 is 5.27. The lowest BCUT2D eigenvalue weighted by Crippen LogP contribution is -2.33. The van der Waals surface area contributed by atoms with Gasteiger partial charge in [0, 0.05) is 19.8 Å². The summed E-state index contributed by atoms with van der Waals surface area (Å²) in [5, 5.41) is 10.2. The topological polar surface area (TPSA) is 63.6 Å². The molecule has 1 atom stereocenters. The van der Waals surface area contributed by atoms with E-state index in [1.54, 1.807) is 13.8 Å². The van der Waals surface area contributed by atoms with Gasteiger partial charge in [0.2, 0.25) is 0 Å². The Labute approximate surface area is 126 Å². The maximum absolute atomic E-state index is 12.2. The molecule has 0 fully saturated rings. The number of carbonyl (C=O) groups excluding carboxylic acids is 2. The SMILES string of the molecule is C=C1CC/C(OC(C)=O)=C(/C)CCC(C(C)(C)O)CC1=O. The third kappa shape index (κ3) is 5.46. The van der Waals surface area contributed by atoms with Gasteiger partial charge in [0.25, 0.3) is 0 Å². The highest BCUT2D eigenvalue weighted by atomic mass is 16.5. The zero-order chi connectivity index (χ0) is 16.2. The lowest BCUT2D eigenvalue weighted by molar-refractivity contribution is -0.137. The fraction of sp³-hybridized carbons (Fsp3) is 0.647. The second-order valence-corrected chi connectivity index (χ2v) is 6.42. The molecule has 0 aromatic heterocycles. The van der Waals surface area contributed by atoms with Crippen LogP contribution in [-0.2, 0) is 14.3 Å². The van der Waals surface area contributed by atoms with Gasteiger partial charge in [-0.2, -0.15) is 0 Å². The van der Waals surface area contributed by atoms with Crippen LogP contribution < -0.4 is 0 Å². The quantitative estimate of drug-likeness (QED) is 0.627. The third-order valence-corrected chi connectivity index (χ3v) is 4.09. The number of esters is 1. The lowest BCUT2D eigenvalue weighted by atomic mass is 9.80. The highest BCUT2D eigenvalue weighted by Gasteiger charge is 2.30. The van der Waals surface area contributed by atoms with E-state index in [2.05, 4.69) is 6.58 Å². The van der Waals surface area contributed by atoms with E-state index in [1.165, 1.54) is 6.92 Å². The number of allylic oxidation sites excluding steroid dienone is 3. The molecule has 1 aliphatic rings. The van der Waals surface area contributed by atoms with Gasteiger partial charge in [0.05, 0.1) is 5.60 Å². The molecule has 0 amide bonds. The van der Waals surface area contributed by atoms with Crippen LogP contribution in [0.1, 0.15) is 59.8 Å². The van der Waals surface area contributed by atoms with Crippen LogP contribution in [0.3, 0.4) is 0 Å². The summed E-state index contributed by atoms with van der Waals surface area (Å²) in [6.45, 7) is 10.6. The Hall–Kier alpha value is -1.42. The smallest absolute Gasteiger partial charge is 0.307 e. The summed E-state index contributed by atoms with van der Waals surface area (Å²) in [5.41, 5.74) is 0.613. The highest BCUT2D eigenvalue weighted by molar-refractivity contribution is 5.94. The predicted molar refractivity (Wildman–Crippen MR) is 81.5 cm³/mol. The van der Waals surface area contributed by atoms with E-state index in [0.717, 1.165) is 5.57 Å². The summed E-state index contributed by atoms with van der Waals surface area (Å²) in [5.74, 6) is 0.141. The highest BCUT2D eigenvalue weighted by Crippen LogP contribution is 2.31. The minimum Gasteiger partial charge on any atom is -0.431 e. The first-order valence-corrected chi connectivity index (χ1v) is 7.41. The van der Waals surface area contributed by atoms with E-state index in [9.17, 15) is 14.7 Å². The summed E-state index contributed by atoms with van der Waals surface area (Å²) in [6.07, 6.45) is 2.70. The molecule has 0 aromatic carbocycles. The average Bonchev–Trinajstić information content (AvgIpc) is 2.35. The number of hydrogen-bond donors (Lipinski definition) is 1. The number of carbonyl (C=O) groups is 2. The summed E-state index contributed by atoms with van der Waals surface area (Å²) in [7, 11) is 0. The molecule has 1 unspecified atom stereocenters. The molecule has 1 rings (SSSR count). The molecule has 118 valence electrons. The summed E-state index contributed by atoms with van der Waals surface area (Å²) in [4.78, 5) is 23.4. The van der Waals surface area contributed by atoms with Crippen LogP contribution in [0, 0.1) is 5.92 Å². The largest absolute Gasteiger partial charge is 0.431 e. The van der Waals surface area contributed by atoms with Gasteiger partial charge in [-0.1, -0.05) is 6.58 Å². The molecule has 0 bridgehead atoms. The predicted octanol–water partition coefficient (Wildman–Crippen LogP) is 3.30. The minimum atomic E-state index is -0.920. The van der Waals surface area contributed by atoms with Gasteiger partial charge in [0.15, 0.2) is 5.78 Å². The van der Waals surface area contributed by atoms with Gasteiger partial charge in [-0.3, -0.25) is 9.59 Å². The van der Waals surface area contributed by atoms with Crippen molar-refractivity contribution in [3.8, 4) is 0 Å². The van der Waals surface area contributed by atoms with Crippen LogP contribution in [0.25, 0.3) is 0 Å². The molecule has 0 aromatic rings. The van der Waals surface area contributed by atoms with Crippen LogP contribution >= 0.6 is 0 Å². The van der Waals surface area contributed by atoms with Gasteiger partial charge in [-0.15, -0.1) is 0 Å². The Bertz CT molecular complexity index is 466. The van der Waals surface area contributed by atoms with Gasteiger partial charge in [-0.25, -0.2) is 0 Å². The van der Waals surface area contributed by atoms with E-state index in [-0.39, 0.29) is 17.7 Å². The molecule has 0 saturated heterocycles. The summed E-state index contributed by atoms with van der Waals surface area (Å²) >= 11 is 0. The van der Waals surface area contributed by atoms with Gasteiger partial charge < -0.3 is 9.84 Å². The maximum atomic E-state index is 12.2. The molecule has 0 aliphatic heterocycles. The van der Waals surface area contributed by atoms with Crippen LogP contribution in [-0.4, -0.2) is 22.5 Å². The molecule has 0 spiro atoms. The zero-order valence-corrected chi connectivity index (χ0v) is 13.5. The molecule has 1 N–H and O–H groups in total. The number of ketones is 1. The van der Waals surface area contributed by atoms with E-state index >= 15 is 0 Å². The van der Waals surface area contributed by atoms with Crippen LogP contribution in [0.4, 0.5) is 0 Å². The second kappa shape index (κ2) is 7.03. The molecule has 0 radical (unpaired) electrons. The number of Topliss-reactive ketones (excluding diaryl/α,β-unsaturated/α-hetero) is 1. The Morgan fingerprint density at radius 2 is 1.95 bits per heavy atom. The Kier molecular flexibility index (Phi) is 5.90. The maximum Gasteiger partial charge on any atom is 0.307 e. The standard InChI is InChI=1S/C17H26O4/c1-11-7-9-16(21-13(3)18)12(2)6-8-14(10-15(11)19)17(4,5)20/h14,20H,1,6-10H2,2-5H3/b16-12+. The summed E-state index contributed by atoms with van der Waals surface area (Å²) in [6, 6.07) is 0. The first kappa shape index (κ1) is 17.6. The van der Waals surface area contributed by atoms with Crippen molar-refractivity contribution in [2.24, 2.45) is 5.92 Å². The van der Waals surface area contributed by atoms with Crippen molar-refractivity contribution in [3.05, 3.63) is 23.5 Å². The zero-order valence-electron chi connectivity index (χ0n) is 13.5. The van der Waals surface area contributed by atoms with Crippen LogP contribution in [0.15, 0.2) is 23.5 Å². The first-order chi connectivity index (χ1) is 9.61. The van der Waals surface area contributed by atoms with Gasteiger partial charge in [-0.05, 0) is 57.1 Å². The molecule has 1 aliphatic carbocycles. The number of ether oxygens (including phenoxy) is 1. The fourth-order valence-electron chi connectivity index (χ4n) is 2.53. The lowest BCUT2D eigenvalue weighted by Gasteiger charge is -2.30. The van der Waals surface area contributed by atoms with Crippen molar-refractivity contribution in [2.75, 3.05) is 0 Å². The normalized spacial score (nSPS) is 25.7. The first-order valence-electron chi connectivity index (χ1n) is 7.41. The Balaban J connectivity index is 3.03. The number of hydrogen-bond acceptors (Lipinski definition) is 4. The van der Waals surface area contributed by atoms with Gasteiger partial charge in [0.1, 0.15) is 5.76 Å². The molecule has 4 nitrogen and oxygen atoms in total.